The number of amides is 1. The minimum absolute atomic E-state index is 0.0852. The minimum atomic E-state index is -4.53. The number of benzene rings is 1. The highest BCUT2D eigenvalue weighted by Crippen LogP contribution is 2.50. The quantitative estimate of drug-likeness (QED) is 0.569. The van der Waals surface area contributed by atoms with E-state index in [-0.39, 0.29) is 30.2 Å². The fourth-order valence-corrected chi connectivity index (χ4v) is 5.24. The zero-order valence-electron chi connectivity index (χ0n) is 18.2. The second-order valence-corrected chi connectivity index (χ2v) is 8.92. The van der Waals surface area contributed by atoms with E-state index in [1.54, 1.807) is 0 Å². The third-order valence-corrected chi connectivity index (χ3v) is 6.89. The number of para-hydroxylation sites is 2. The molecule has 2 aliphatic rings. The van der Waals surface area contributed by atoms with Crippen LogP contribution in [0.15, 0.2) is 34.9 Å². The summed E-state index contributed by atoms with van der Waals surface area (Å²) in [6.45, 7) is 2.82. The van der Waals surface area contributed by atoms with E-state index in [9.17, 15) is 18.0 Å². The summed E-state index contributed by atoms with van der Waals surface area (Å²) in [5.74, 6) is -0.0312. The van der Waals surface area contributed by atoms with Gasteiger partial charge in [0.1, 0.15) is 0 Å². The lowest BCUT2D eigenvalue weighted by Gasteiger charge is -2.30. The first-order chi connectivity index (χ1) is 15.8. The van der Waals surface area contributed by atoms with Gasteiger partial charge in [-0.2, -0.15) is 13.2 Å². The van der Waals surface area contributed by atoms with Crippen LogP contribution in [0, 0.1) is 11.8 Å². The molecule has 2 heterocycles. The average Bonchev–Trinajstić information content (AvgIpc) is 3.24. The summed E-state index contributed by atoms with van der Waals surface area (Å²) >= 11 is 0. The lowest BCUT2D eigenvalue weighted by molar-refractivity contribution is -0.155. The average molecular weight is 461 g/mol. The zero-order valence-corrected chi connectivity index (χ0v) is 18.2. The molecule has 2 N–H and O–H groups in total. The molecule has 1 aromatic carbocycles. The fourth-order valence-electron chi connectivity index (χ4n) is 5.24. The van der Waals surface area contributed by atoms with Crippen LogP contribution in [0.5, 0.6) is 0 Å². The van der Waals surface area contributed by atoms with E-state index in [4.69, 9.17) is 0 Å². The fraction of sp³-hybridized carbons (Fsp3) is 0.522. The number of hydrogen-bond donors (Lipinski definition) is 2. The molecule has 2 fully saturated rings. The Balaban J connectivity index is 1.24. The van der Waals surface area contributed by atoms with E-state index in [1.807, 2.05) is 36.1 Å². The molecule has 33 heavy (non-hydrogen) atoms. The highest BCUT2D eigenvalue weighted by atomic mass is 19.4. The van der Waals surface area contributed by atoms with Crippen LogP contribution < -0.4 is 5.32 Å². The third-order valence-electron chi connectivity index (χ3n) is 6.89. The highest BCUT2D eigenvalue weighted by molar-refractivity contribution is 5.94. The number of carbonyl (C=O) groups is 1. The van der Waals surface area contributed by atoms with E-state index in [1.165, 1.54) is 0 Å². The number of fused-ring (bicyclic) bond motifs is 2. The van der Waals surface area contributed by atoms with E-state index < -0.39 is 11.9 Å². The summed E-state index contributed by atoms with van der Waals surface area (Å²) in [4.78, 5) is 22.9. The van der Waals surface area contributed by atoms with Crippen molar-refractivity contribution in [2.75, 3.05) is 6.54 Å². The summed E-state index contributed by atoms with van der Waals surface area (Å²) < 4.78 is 42.6. The van der Waals surface area contributed by atoms with Crippen LogP contribution in [0.4, 0.5) is 13.2 Å². The Morgan fingerprint density at radius 1 is 1.27 bits per heavy atom. The lowest BCUT2D eigenvalue weighted by atomic mass is 10.0. The molecule has 7 nitrogen and oxygen atoms in total. The van der Waals surface area contributed by atoms with Gasteiger partial charge >= 0.3 is 6.18 Å². The largest absolute Gasteiger partial charge is 0.452 e. The van der Waals surface area contributed by atoms with Gasteiger partial charge in [-0.25, -0.2) is 4.98 Å². The number of hydrogen-bond acceptors (Lipinski definition) is 5. The molecule has 0 spiro atoms. The second-order valence-electron chi connectivity index (χ2n) is 8.92. The van der Waals surface area contributed by atoms with E-state index in [0.717, 1.165) is 42.8 Å². The van der Waals surface area contributed by atoms with Crippen molar-refractivity contribution in [1.82, 2.24) is 25.3 Å². The van der Waals surface area contributed by atoms with Crippen LogP contribution in [0.25, 0.3) is 11.0 Å². The van der Waals surface area contributed by atoms with Gasteiger partial charge in [-0.1, -0.05) is 17.3 Å². The zero-order chi connectivity index (χ0) is 23.2. The Bertz CT molecular complexity index is 1110. The number of imidazole rings is 1. The van der Waals surface area contributed by atoms with Crippen molar-refractivity contribution in [1.29, 1.82) is 0 Å². The number of H-pyrrole nitrogens is 1. The molecule has 176 valence electrons. The normalized spacial score (nSPS) is 25.0. The van der Waals surface area contributed by atoms with Crippen molar-refractivity contribution in [2.24, 2.45) is 11.8 Å². The number of rotatable bonds is 6. The van der Waals surface area contributed by atoms with Crippen LogP contribution >= 0.6 is 0 Å². The first-order valence-electron chi connectivity index (χ1n) is 11.4. The summed E-state index contributed by atoms with van der Waals surface area (Å²) in [7, 11) is 0. The van der Waals surface area contributed by atoms with Crippen molar-refractivity contribution >= 4 is 16.9 Å². The van der Waals surface area contributed by atoms with Crippen LogP contribution in [-0.4, -0.2) is 44.6 Å². The van der Waals surface area contributed by atoms with Gasteiger partial charge in [0.25, 0.3) is 5.91 Å². The van der Waals surface area contributed by atoms with E-state index in [2.05, 4.69) is 25.0 Å². The number of carbonyl (C=O) groups excluding carboxylic acids is 1. The summed E-state index contributed by atoms with van der Waals surface area (Å²) in [5.41, 5.74) is 1.86. The lowest BCUT2D eigenvalue weighted by Crippen LogP contribution is -2.42. The van der Waals surface area contributed by atoms with Crippen LogP contribution in [0.2, 0.25) is 0 Å². The molecule has 0 aliphatic heterocycles. The van der Waals surface area contributed by atoms with Gasteiger partial charge in [0.15, 0.2) is 5.82 Å². The van der Waals surface area contributed by atoms with Gasteiger partial charge in [-0.15, -0.1) is 0 Å². The van der Waals surface area contributed by atoms with Crippen LogP contribution in [-0.2, 0) is 12.7 Å². The maximum Gasteiger partial charge on any atom is 0.452 e. The predicted octanol–water partition coefficient (Wildman–Crippen LogP) is 4.38. The molecule has 0 radical (unpaired) electrons. The number of aromatic amines is 1. The molecule has 3 aromatic rings. The molecule has 4 atom stereocenters. The van der Waals surface area contributed by atoms with Crippen molar-refractivity contribution in [3.63, 3.8) is 0 Å². The van der Waals surface area contributed by atoms with Gasteiger partial charge in [0.05, 0.1) is 16.7 Å². The molecule has 0 saturated heterocycles. The summed E-state index contributed by atoms with van der Waals surface area (Å²) in [6.07, 6.45) is -0.775. The topological polar surface area (TPSA) is 87.0 Å². The molecule has 2 aliphatic carbocycles. The standard InChI is InChI=1S/C23H26F3N5O2/c1-2-31(22(32)21-28-17-6-3-4-7-18(17)29-21)19-9-5-8-16(14-11-15(14)19)27-12-13-10-20(33-30-13)23(24,25)26/h3-4,6-7,10,14-16,19,27H,2,5,8-9,11-12H2,1H3,(H,28,29)/t14?,15-,16-,19+/m1/s1. The maximum atomic E-state index is 13.3. The van der Waals surface area contributed by atoms with Crippen molar-refractivity contribution < 1.29 is 22.5 Å². The van der Waals surface area contributed by atoms with Crippen molar-refractivity contribution in [3.05, 3.63) is 47.6 Å². The molecular formula is C23H26F3N5O2. The van der Waals surface area contributed by atoms with Crippen molar-refractivity contribution in [3.8, 4) is 0 Å². The number of aromatic nitrogens is 3. The first kappa shape index (κ1) is 21.9. The first-order valence-corrected chi connectivity index (χ1v) is 11.4. The molecule has 0 bridgehead atoms. The number of nitrogens with one attached hydrogen (secondary N) is 2. The molecule has 1 amide bonds. The third kappa shape index (κ3) is 4.36. The van der Waals surface area contributed by atoms with Gasteiger partial charge in [0.2, 0.25) is 5.76 Å². The molecule has 5 rings (SSSR count). The van der Waals surface area contributed by atoms with E-state index in [0.29, 0.717) is 24.2 Å². The SMILES string of the molecule is CCN(C(=O)c1nc2ccccc2[nH]1)[C@H]1CCC[C@@H](NCc2cc(C(F)(F)F)on2)C2C[C@H]21. The van der Waals surface area contributed by atoms with Crippen LogP contribution in [0.3, 0.4) is 0 Å². The predicted molar refractivity (Wildman–Crippen MR) is 114 cm³/mol. The Labute approximate surface area is 188 Å². The molecule has 2 saturated carbocycles. The smallest absolute Gasteiger partial charge is 0.351 e. The van der Waals surface area contributed by atoms with Crippen molar-refractivity contribution in [2.45, 2.75) is 57.4 Å². The Morgan fingerprint density at radius 3 is 2.82 bits per heavy atom. The van der Waals surface area contributed by atoms with Gasteiger partial charge < -0.3 is 19.7 Å². The Kier molecular flexibility index (Phi) is 5.64. The second kappa shape index (κ2) is 8.48. The van der Waals surface area contributed by atoms with Gasteiger partial charge in [0, 0.05) is 31.2 Å². The van der Waals surface area contributed by atoms with Gasteiger partial charge in [-0.3, -0.25) is 4.79 Å². The van der Waals surface area contributed by atoms with Gasteiger partial charge in [-0.05, 0) is 56.6 Å². The summed E-state index contributed by atoms with van der Waals surface area (Å²) in [5, 5.41) is 6.92. The highest BCUT2D eigenvalue weighted by Gasteiger charge is 2.51. The maximum absolute atomic E-state index is 13.3. The Morgan fingerprint density at radius 2 is 2.09 bits per heavy atom. The number of halogens is 3. The summed E-state index contributed by atoms with van der Waals surface area (Å²) in [6, 6.07) is 8.85. The van der Waals surface area contributed by atoms with Crippen LogP contribution in [0.1, 0.15) is 54.7 Å². The molecular weight excluding hydrogens is 435 g/mol. The number of alkyl halides is 3. The minimum Gasteiger partial charge on any atom is -0.351 e. The molecule has 10 heteroatoms. The Hall–Kier alpha value is -2.88. The molecule has 2 aromatic heterocycles. The monoisotopic (exact) mass is 461 g/mol. The number of nitrogens with zero attached hydrogens (tertiary/aromatic N) is 3. The molecule has 1 unspecified atom stereocenters. The van der Waals surface area contributed by atoms with E-state index >= 15 is 0 Å².